The lowest BCUT2D eigenvalue weighted by Gasteiger charge is -2.12. The number of primary amides is 1. The van der Waals surface area contributed by atoms with Crippen molar-refractivity contribution in [2.45, 2.75) is 26.5 Å². The van der Waals surface area contributed by atoms with Crippen LogP contribution in [-0.2, 0) is 16.1 Å². The number of aromatic nitrogens is 1. The van der Waals surface area contributed by atoms with Crippen molar-refractivity contribution in [1.29, 1.82) is 0 Å². The summed E-state index contributed by atoms with van der Waals surface area (Å²) in [6, 6.07) is 8.71. The van der Waals surface area contributed by atoms with E-state index in [2.05, 4.69) is 10.3 Å². The molecule has 8 heteroatoms. The van der Waals surface area contributed by atoms with Crippen molar-refractivity contribution < 1.29 is 23.8 Å². The summed E-state index contributed by atoms with van der Waals surface area (Å²) in [7, 11) is 1.48. The summed E-state index contributed by atoms with van der Waals surface area (Å²) in [4.78, 5) is 27.2. The maximum absolute atomic E-state index is 12.2. The average Bonchev–Trinajstić information content (AvgIpc) is 2.69. The monoisotopic (exact) mass is 399 g/mol. The second kappa shape index (κ2) is 10.7. The molecule has 2 aromatic rings. The first kappa shape index (κ1) is 21.7. The number of pyridine rings is 1. The predicted octanol–water partition coefficient (Wildman–Crippen LogP) is 2.07. The van der Waals surface area contributed by atoms with Gasteiger partial charge in [-0.25, -0.2) is 4.98 Å². The Morgan fingerprint density at radius 1 is 1.24 bits per heavy atom. The molecule has 1 aromatic heterocycles. The highest BCUT2D eigenvalue weighted by molar-refractivity contribution is 5.91. The fourth-order valence-corrected chi connectivity index (χ4v) is 2.36. The van der Waals surface area contributed by atoms with Crippen LogP contribution in [0.1, 0.15) is 25.0 Å². The summed E-state index contributed by atoms with van der Waals surface area (Å²) in [5, 5.41) is 2.80. The number of carbonyl (C=O) groups is 2. The molecule has 0 saturated heterocycles. The van der Waals surface area contributed by atoms with E-state index in [0.717, 1.165) is 11.1 Å². The lowest BCUT2D eigenvalue weighted by atomic mass is 10.2. The lowest BCUT2D eigenvalue weighted by molar-refractivity contribution is -0.120. The molecule has 1 aromatic carbocycles. The van der Waals surface area contributed by atoms with Gasteiger partial charge in [-0.2, -0.15) is 0 Å². The Hall–Kier alpha value is -3.55. The summed E-state index contributed by atoms with van der Waals surface area (Å²) in [5.74, 6) is 0.477. The number of nitrogens with one attached hydrogen (secondary N) is 1. The van der Waals surface area contributed by atoms with Crippen molar-refractivity contribution in [3.63, 3.8) is 0 Å². The molecule has 0 aliphatic rings. The fourth-order valence-electron chi connectivity index (χ4n) is 2.36. The van der Waals surface area contributed by atoms with Crippen LogP contribution in [0.4, 0.5) is 0 Å². The van der Waals surface area contributed by atoms with E-state index in [1.807, 2.05) is 19.9 Å². The Morgan fingerprint density at radius 3 is 2.72 bits per heavy atom. The highest BCUT2D eigenvalue weighted by Crippen LogP contribution is 2.28. The number of amides is 2. The summed E-state index contributed by atoms with van der Waals surface area (Å²) >= 11 is 0. The van der Waals surface area contributed by atoms with Gasteiger partial charge in [0.2, 0.25) is 11.8 Å². The first-order valence-corrected chi connectivity index (χ1v) is 9.04. The molecular formula is C21H25N3O5. The third kappa shape index (κ3) is 7.17. The lowest BCUT2D eigenvalue weighted by Crippen LogP contribution is -2.21. The number of benzene rings is 1. The van der Waals surface area contributed by atoms with Gasteiger partial charge in [-0.3, -0.25) is 9.59 Å². The SMILES string of the molecule is COc1cc(C=CC(=O)NCc2cccnc2OC(C)C)ccc1OCC(N)=O. The normalized spacial score (nSPS) is 10.8. The average molecular weight is 399 g/mol. The van der Waals surface area contributed by atoms with Gasteiger partial charge in [-0.1, -0.05) is 12.1 Å². The Balaban J connectivity index is 1.98. The third-order valence-electron chi connectivity index (χ3n) is 3.64. The van der Waals surface area contributed by atoms with Gasteiger partial charge in [0.05, 0.1) is 13.2 Å². The summed E-state index contributed by atoms with van der Waals surface area (Å²) in [6.07, 6.45) is 4.69. The molecular weight excluding hydrogens is 374 g/mol. The molecule has 0 bridgehead atoms. The van der Waals surface area contributed by atoms with Gasteiger partial charge in [-0.15, -0.1) is 0 Å². The third-order valence-corrected chi connectivity index (χ3v) is 3.64. The number of nitrogens with two attached hydrogens (primary N) is 1. The Kier molecular flexibility index (Phi) is 8.02. The van der Waals surface area contributed by atoms with E-state index in [0.29, 0.717) is 23.9 Å². The molecule has 0 aliphatic heterocycles. The van der Waals surface area contributed by atoms with E-state index in [1.54, 1.807) is 36.5 Å². The minimum absolute atomic E-state index is 0.0100. The maximum Gasteiger partial charge on any atom is 0.255 e. The van der Waals surface area contributed by atoms with Gasteiger partial charge in [0.25, 0.3) is 5.91 Å². The van der Waals surface area contributed by atoms with Crippen LogP contribution in [0.5, 0.6) is 17.4 Å². The summed E-state index contributed by atoms with van der Waals surface area (Å²) < 4.78 is 16.2. The Bertz CT molecular complexity index is 880. The molecule has 2 amide bonds. The van der Waals surface area contributed by atoms with Crippen LogP contribution in [0.15, 0.2) is 42.6 Å². The molecule has 0 saturated carbocycles. The van der Waals surface area contributed by atoms with Gasteiger partial charge in [0, 0.05) is 24.4 Å². The molecule has 0 atom stereocenters. The van der Waals surface area contributed by atoms with Gasteiger partial charge in [-0.05, 0) is 43.7 Å². The standard InChI is InChI=1S/C21H25N3O5/c1-14(2)29-21-16(5-4-10-23-21)12-24-20(26)9-7-15-6-8-17(18(11-15)27-3)28-13-19(22)25/h4-11,14H,12-13H2,1-3H3,(H2,22,25)(H,24,26). The molecule has 0 aliphatic carbocycles. The van der Waals surface area contributed by atoms with Crippen LogP contribution in [0.3, 0.4) is 0 Å². The first-order valence-electron chi connectivity index (χ1n) is 9.04. The molecule has 29 heavy (non-hydrogen) atoms. The molecule has 0 spiro atoms. The molecule has 154 valence electrons. The van der Waals surface area contributed by atoms with E-state index in [1.165, 1.54) is 13.2 Å². The van der Waals surface area contributed by atoms with Crippen LogP contribution in [-0.4, -0.2) is 36.6 Å². The van der Waals surface area contributed by atoms with Gasteiger partial charge >= 0.3 is 0 Å². The van der Waals surface area contributed by atoms with Crippen LogP contribution in [0, 0.1) is 0 Å². The number of hydrogen-bond donors (Lipinski definition) is 2. The summed E-state index contributed by atoms with van der Waals surface area (Å²) in [6.45, 7) is 3.88. The van der Waals surface area contributed by atoms with E-state index < -0.39 is 5.91 Å². The largest absolute Gasteiger partial charge is 0.493 e. The highest BCUT2D eigenvalue weighted by atomic mass is 16.5. The van der Waals surface area contributed by atoms with Crippen LogP contribution >= 0.6 is 0 Å². The molecule has 3 N–H and O–H groups in total. The minimum atomic E-state index is -0.580. The number of methoxy groups -OCH3 is 1. The van der Waals surface area contributed by atoms with Gasteiger partial charge in [0.15, 0.2) is 18.1 Å². The van der Waals surface area contributed by atoms with Gasteiger partial charge in [0.1, 0.15) is 0 Å². The number of hydrogen-bond acceptors (Lipinski definition) is 6. The zero-order chi connectivity index (χ0) is 21.2. The van der Waals surface area contributed by atoms with Crippen molar-refractivity contribution in [3.8, 4) is 17.4 Å². The smallest absolute Gasteiger partial charge is 0.255 e. The number of rotatable bonds is 10. The van der Waals surface area contributed by atoms with Crippen molar-refractivity contribution in [1.82, 2.24) is 10.3 Å². The van der Waals surface area contributed by atoms with E-state index in [9.17, 15) is 9.59 Å². The predicted molar refractivity (Wildman–Crippen MR) is 109 cm³/mol. The first-order chi connectivity index (χ1) is 13.9. The second-order valence-corrected chi connectivity index (χ2v) is 6.35. The van der Waals surface area contributed by atoms with Gasteiger partial charge < -0.3 is 25.3 Å². The van der Waals surface area contributed by atoms with Crippen molar-refractivity contribution in [2.75, 3.05) is 13.7 Å². The zero-order valence-electron chi connectivity index (χ0n) is 16.7. The fraction of sp³-hybridized carbons (Fsp3) is 0.286. The number of ether oxygens (including phenoxy) is 3. The van der Waals surface area contributed by atoms with Crippen LogP contribution < -0.4 is 25.3 Å². The Morgan fingerprint density at radius 2 is 2.03 bits per heavy atom. The molecule has 8 nitrogen and oxygen atoms in total. The number of nitrogens with zero attached hydrogens (tertiary/aromatic N) is 1. The van der Waals surface area contributed by atoms with E-state index in [-0.39, 0.29) is 18.6 Å². The molecule has 1 heterocycles. The summed E-state index contributed by atoms with van der Waals surface area (Å²) in [5.41, 5.74) is 6.60. The zero-order valence-corrected chi connectivity index (χ0v) is 16.7. The van der Waals surface area contributed by atoms with Crippen molar-refractivity contribution in [3.05, 3.63) is 53.7 Å². The van der Waals surface area contributed by atoms with Crippen LogP contribution in [0.2, 0.25) is 0 Å². The Labute approximate surface area is 169 Å². The molecule has 2 rings (SSSR count). The quantitative estimate of drug-likeness (QED) is 0.592. The second-order valence-electron chi connectivity index (χ2n) is 6.35. The number of carbonyl (C=O) groups excluding carboxylic acids is 2. The topological polar surface area (TPSA) is 113 Å². The van der Waals surface area contributed by atoms with E-state index in [4.69, 9.17) is 19.9 Å². The van der Waals surface area contributed by atoms with Crippen LogP contribution in [0.25, 0.3) is 6.08 Å². The van der Waals surface area contributed by atoms with Crippen molar-refractivity contribution in [2.24, 2.45) is 5.73 Å². The van der Waals surface area contributed by atoms with Crippen molar-refractivity contribution >= 4 is 17.9 Å². The maximum atomic E-state index is 12.2. The van der Waals surface area contributed by atoms with E-state index >= 15 is 0 Å². The minimum Gasteiger partial charge on any atom is -0.493 e. The molecule has 0 unspecified atom stereocenters. The molecule has 0 fully saturated rings. The highest BCUT2D eigenvalue weighted by Gasteiger charge is 2.08. The molecule has 0 radical (unpaired) electrons.